The molecule has 2 rings (SSSR count). The van der Waals surface area contributed by atoms with Crippen molar-refractivity contribution in [2.75, 3.05) is 5.73 Å². The van der Waals surface area contributed by atoms with Gasteiger partial charge in [0.05, 0.1) is 3.79 Å². The fraction of sp³-hybridized carbons (Fsp3) is 0.231. The summed E-state index contributed by atoms with van der Waals surface area (Å²) in [5, 5.41) is 0. The molecule has 1 aromatic carbocycles. The minimum Gasteiger partial charge on any atom is -0.399 e. The first-order valence-corrected chi connectivity index (χ1v) is 9.02. The number of benzene rings is 1. The summed E-state index contributed by atoms with van der Waals surface area (Å²) >= 11 is 4.54. The Labute approximate surface area is 131 Å². The minimum atomic E-state index is -3.52. The van der Waals surface area contributed by atoms with Crippen LogP contribution in [-0.2, 0) is 10.0 Å². The Bertz CT molecular complexity index is 706. The van der Waals surface area contributed by atoms with E-state index < -0.39 is 10.0 Å². The van der Waals surface area contributed by atoms with E-state index in [4.69, 9.17) is 5.73 Å². The lowest BCUT2D eigenvalue weighted by Crippen LogP contribution is -2.26. The van der Waals surface area contributed by atoms with E-state index in [1.165, 1.54) is 11.3 Å². The van der Waals surface area contributed by atoms with Gasteiger partial charge in [-0.15, -0.1) is 11.3 Å². The lowest BCUT2D eigenvalue weighted by Gasteiger charge is -2.14. The van der Waals surface area contributed by atoms with Crippen molar-refractivity contribution in [2.45, 2.75) is 24.1 Å². The van der Waals surface area contributed by atoms with Crippen molar-refractivity contribution < 1.29 is 8.42 Å². The molecule has 0 saturated heterocycles. The molecule has 3 N–H and O–H groups in total. The number of halogens is 1. The number of thiophene rings is 1. The zero-order valence-electron chi connectivity index (χ0n) is 11.1. The van der Waals surface area contributed by atoms with Crippen LogP contribution in [0.15, 0.2) is 38.3 Å². The lowest BCUT2D eigenvalue weighted by atomic mass is 10.1. The third kappa shape index (κ3) is 3.41. The summed E-state index contributed by atoms with van der Waals surface area (Å²) in [5.74, 6) is 0. The zero-order chi connectivity index (χ0) is 14.9. The number of sulfonamides is 1. The molecule has 7 heteroatoms. The third-order valence-electron chi connectivity index (χ3n) is 2.84. The highest BCUT2D eigenvalue weighted by Gasteiger charge is 2.21. The highest BCUT2D eigenvalue weighted by Crippen LogP contribution is 2.31. The first-order valence-electron chi connectivity index (χ1n) is 5.93. The monoisotopic (exact) mass is 374 g/mol. The summed E-state index contributed by atoms with van der Waals surface area (Å²) in [6.45, 7) is 3.66. The quantitative estimate of drug-likeness (QED) is 0.805. The summed E-state index contributed by atoms with van der Waals surface area (Å²) < 4.78 is 28.4. The van der Waals surface area contributed by atoms with Crippen LogP contribution >= 0.6 is 27.3 Å². The molecule has 1 atom stereocenters. The second kappa shape index (κ2) is 5.85. The van der Waals surface area contributed by atoms with Gasteiger partial charge in [-0.05, 0) is 59.1 Å². The molecule has 0 aliphatic carbocycles. The Hall–Kier alpha value is -0.890. The van der Waals surface area contributed by atoms with E-state index in [1.807, 2.05) is 13.0 Å². The Balaban J connectivity index is 2.24. The average Bonchev–Trinajstić information content (AvgIpc) is 2.70. The minimum absolute atomic E-state index is 0.303. The van der Waals surface area contributed by atoms with E-state index in [-0.39, 0.29) is 6.04 Å². The van der Waals surface area contributed by atoms with Crippen LogP contribution in [0.4, 0.5) is 5.69 Å². The summed E-state index contributed by atoms with van der Waals surface area (Å²) in [5.41, 5.74) is 8.07. The maximum atomic E-state index is 12.3. The summed E-state index contributed by atoms with van der Waals surface area (Å²) in [6, 6.07) is 8.50. The molecule has 108 valence electrons. The third-order valence-corrected chi connectivity index (χ3v) is 6.99. The van der Waals surface area contributed by atoms with Gasteiger partial charge in [0, 0.05) is 11.7 Å². The van der Waals surface area contributed by atoms with Crippen LogP contribution in [0, 0.1) is 6.92 Å². The van der Waals surface area contributed by atoms with Crippen LogP contribution in [0.1, 0.15) is 24.1 Å². The van der Waals surface area contributed by atoms with Gasteiger partial charge in [0.25, 0.3) is 10.0 Å². The molecule has 4 nitrogen and oxygen atoms in total. The van der Waals surface area contributed by atoms with Gasteiger partial charge in [-0.25, -0.2) is 13.1 Å². The molecule has 1 unspecified atom stereocenters. The number of nitrogens with one attached hydrogen (secondary N) is 1. The van der Waals surface area contributed by atoms with Crippen LogP contribution in [0.2, 0.25) is 0 Å². The van der Waals surface area contributed by atoms with E-state index in [9.17, 15) is 8.42 Å². The van der Waals surface area contributed by atoms with Crippen molar-refractivity contribution in [1.82, 2.24) is 4.72 Å². The zero-order valence-corrected chi connectivity index (χ0v) is 14.3. The molecule has 20 heavy (non-hydrogen) atoms. The predicted octanol–water partition coefficient (Wildman–Crippen LogP) is 3.44. The van der Waals surface area contributed by atoms with Gasteiger partial charge in [0.15, 0.2) is 0 Å². The standard InChI is InChI=1S/C13H15BrN2O2S2/c1-8-6-12(19-13(8)14)20(17,18)16-9(2)10-4-3-5-11(15)7-10/h3-7,9,16H,15H2,1-2H3. The van der Waals surface area contributed by atoms with Crippen LogP contribution in [-0.4, -0.2) is 8.42 Å². The van der Waals surface area contributed by atoms with E-state index in [1.54, 1.807) is 31.2 Å². The topological polar surface area (TPSA) is 72.2 Å². The second-order valence-corrected chi connectivity index (χ2v) is 8.85. The van der Waals surface area contributed by atoms with Crippen molar-refractivity contribution in [3.63, 3.8) is 0 Å². The molecule has 0 aliphatic heterocycles. The van der Waals surface area contributed by atoms with Gasteiger partial charge in [-0.3, -0.25) is 0 Å². The predicted molar refractivity (Wildman–Crippen MR) is 86.3 cm³/mol. The van der Waals surface area contributed by atoms with Crippen LogP contribution in [0.25, 0.3) is 0 Å². The van der Waals surface area contributed by atoms with Crippen LogP contribution in [0.3, 0.4) is 0 Å². The number of hydrogen-bond donors (Lipinski definition) is 2. The van der Waals surface area contributed by atoms with Crippen molar-refractivity contribution >= 4 is 43.0 Å². The van der Waals surface area contributed by atoms with E-state index >= 15 is 0 Å². The molecule has 0 fully saturated rings. The van der Waals surface area contributed by atoms with Crippen molar-refractivity contribution in [1.29, 1.82) is 0 Å². The van der Waals surface area contributed by atoms with Gasteiger partial charge < -0.3 is 5.73 Å². The normalized spacial score (nSPS) is 13.3. The van der Waals surface area contributed by atoms with Crippen molar-refractivity contribution in [3.8, 4) is 0 Å². The molecular formula is C13H15BrN2O2S2. The largest absolute Gasteiger partial charge is 0.399 e. The number of hydrogen-bond acceptors (Lipinski definition) is 4. The Morgan fingerprint density at radius 3 is 2.60 bits per heavy atom. The van der Waals surface area contributed by atoms with Crippen LogP contribution in [0.5, 0.6) is 0 Å². The fourth-order valence-electron chi connectivity index (χ4n) is 1.75. The molecule has 0 amide bonds. The van der Waals surface area contributed by atoms with Crippen molar-refractivity contribution in [2.24, 2.45) is 0 Å². The lowest BCUT2D eigenvalue weighted by molar-refractivity contribution is 0.569. The smallest absolute Gasteiger partial charge is 0.250 e. The molecule has 1 aromatic heterocycles. The summed E-state index contributed by atoms with van der Waals surface area (Å²) in [4.78, 5) is 0. The number of rotatable bonds is 4. The molecule has 0 aliphatic rings. The first kappa shape index (κ1) is 15.5. The molecule has 0 saturated carbocycles. The van der Waals surface area contributed by atoms with Crippen LogP contribution < -0.4 is 10.5 Å². The molecule has 0 radical (unpaired) electrons. The van der Waals surface area contributed by atoms with E-state index in [2.05, 4.69) is 20.7 Å². The van der Waals surface area contributed by atoms with Gasteiger partial charge in [-0.2, -0.15) is 0 Å². The number of anilines is 1. The Morgan fingerprint density at radius 1 is 1.35 bits per heavy atom. The summed E-state index contributed by atoms with van der Waals surface area (Å²) in [7, 11) is -3.52. The van der Waals surface area contributed by atoms with Gasteiger partial charge >= 0.3 is 0 Å². The highest BCUT2D eigenvalue weighted by atomic mass is 79.9. The number of aryl methyl sites for hydroxylation is 1. The second-order valence-electron chi connectivity index (χ2n) is 4.54. The maximum absolute atomic E-state index is 12.3. The Morgan fingerprint density at radius 2 is 2.05 bits per heavy atom. The van der Waals surface area contributed by atoms with E-state index in [0.29, 0.717) is 9.90 Å². The molecule has 0 spiro atoms. The SMILES string of the molecule is Cc1cc(S(=O)(=O)NC(C)c2cccc(N)c2)sc1Br. The first-order chi connectivity index (χ1) is 9.29. The molecular weight excluding hydrogens is 360 g/mol. The van der Waals surface area contributed by atoms with Crippen molar-refractivity contribution in [3.05, 3.63) is 45.2 Å². The van der Waals surface area contributed by atoms with Gasteiger partial charge in [0.1, 0.15) is 4.21 Å². The molecule has 2 aromatic rings. The number of nitrogens with two attached hydrogens (primary N) is 1. The maximum Gasteiger partial charge on any atom is 0.250 e. The van der Waals surface area contributed by atoms with E-state index in [0.717, 1.165) is 14.9 Å². The fourth-order valence-corrected chi connectivity index (χ4v) is 5.23. The number of nitrogen functional groups attached to an aromatic ring is 1. The Kier molecular flexibility index (Phi) is 4.53. The average molecular weight is 375 g/mol. The molecule has 1 heterocycles. The highest BCUT2D eigenvalue weighted by molar-refractivity contribution is 9.11. The van der Waals surface area contributed by atoms with Gasteiger partial charge in [0.2, 0.25) is 0 Å². The summed E-state index contributed by atoms with van der Waals surface area (Å²) in [6.07, 6.45) is 0. The molecule has 0 bridgehead atoms. The van der Waals surface area contributed by atoms with Gasteiger partial charge in [-0.1, -0.05) is 12.1 Å².